The Balaban J connectivity index is 0.775. The number of amides is 4. The van der Waals surface area contributed by atoms with Gasteiger partial charge in [-0.3, -0.25) is 29.0 Å². The van der Waals surface area contributed by atoms with Crippen LogP contribution in [0.4, 0.5) is 11.4 Å². The topological polar surface area (TPSA) is 124 Å². The molecular weight excluding hydrogens is 757 g/mol. The number of nitrogens with one attached hydrogen (secondary N) is 2. The Kier molecular flexibility index (Phi) is 13.6. The van der Waals surface area contributed by atoms with Crippen LogP contribution in [0.3, 0.4) is 0 Å². The fraction of sp³-hybridized carbons (Fsp3) is 0.417. The summed E-state index contributed by atoms with van der Waals surface area (Å²) in [5, 5.41) is 6.11. The summed E-state index contributed by atoms with van der Waals surface area (Å²) in [5.74, 6) is -0.572. The zero-order valence-corrected chi connectivity index (χ0v) is 34.4. The van der Waals surface area contributed by atoms with E-state index >= 15 is 0 Å². The molecule has 0 saturated carbocycles. The molecule has 2 atom stereocenters. The molecule has 0 radical (unpaired) electrons. The predicted molar refractivity (Wildman–Crippen MR) is 231 cm³/mol. The third-order valence-corrected chi connectivity index (χ3v) is 12.4. The van der Waals surface area contributed by atoms with Crippen LogP contribution in [0.1, 0.15) is 35.1 Å². The molecule has 0 aliphatic carbocycles. The van der Waals surface area contributed by atoms with Crippen LogP contribution in [0.5, 0.6) is 0 Å². The second kappa shape index (κ2) is 19.8. The molecule has 2 N–H and O–H groups in total. The summed E-state index contributed by atoms with van der Waals surface area (Å²) in [6, 6.07) is 31.7. The molecule has 4 saturated heterocycles. The van der Waals surface area contributed by atoms with Gasteiger partial charge in [0, 0.05) is 76.8 Å². The van der Waals surface area contributed by atoms with E-state index in [1.807, 2.05) is 94.7 Å². The standard InChI is InChI=1S/C48H56N6O6/c55-45(29-37-5-1-3-7-39(37)31-51-21-25-59-26-22-51)53-19-17-41(33-53)47(57)49-43-13-9-35(10-14-43)36-11-15-44(16-12-36)50-48(58)42-18-20-54(34-42)46(56)30-38-6-2-4-8-40(38)32-52-23-27-60-28-24-52/h1-16,41-42H,17-34H2,(H,49,57)(H,50,58)/t41-,42+. The number of nitrogens with zero attached hydrogens (tertiary/aromatic N) is 4. The van der Waals surface area contributed by atoms with Crippen molar-refractivity contribution < 1.29 is 28.7 Å². The van der Waals surface area contributed by atoms with Crippen molar-refractivity contribution in [2.45, 2.75) is 38.8 Å². The highest BCUT2D eigenvalue weighted by molar-refractivity contribution is 5.95. The lowest BCUT2D eigenvalue weighted by Crippen LogP contribution is -2.36. The molecule has 4 aromatic rings. The van der Waals surface area contributed by atoms with Crippen molar-refractivity contribution in [3.63, 3.8) is 0 Å². The van der Waals surface area contributed by atoms with Crippen LogP contribution in [-0.4, -0.2) is 122 Å². The van der Waals surface area contributed by atoms with Crippen LogP contribution in [0.15, 0.2) is 97.1 Å². The first-order valence-corrected chi connectivity index (χ1v) is 21.5. The van der Waals surface area contributed by atoms with Crippen LogP contribution >= 0.6 is 0 Å². The summed E-state index contributed by atoms with van der Waals surface area (Å²) in [6.07, 6.45) is 1.93. The first-order chi connectivity index (χ1) is 29.3. The number of carbonyl (C=O) groups excluding carboxylic acids is 4. The lowest BCUT2D eigenvalue weighted by Gasteiger charge is -2.27. The third kappa shape index (κ3) is 10.7. The highest BCUT2D eigenvalue weighted by Crippen LogP contribution is 2.27. The number of likely N-dealkylation sites (tertiary alicyclic amines) is 2. The van der Waals surface area contributed by atoms with Gasteiger partial charge in [0.05, 0.1) is 51.1 Å². The molecule has 0 unspecified atom stereocenters. The highest BCUT2D eigenvalue weighted by Gasteiger charge is 2.33. The van der Waals surface area contributed by atoms with Gasteiger partial charge in [-0.05, 0) is 70.5 Å². The van der Waals surface area contributed by atoms with E-state index in [1.165, 1.54) is 11.1 Å². The lowest BCUT2D eigenvalue weighted by molar-refractivity contribution is -0.130. The number of hydrogen-bond acceptors (Lipinski definition) is 8. The summed E-state index contributed by atoms with van der Waals surface area (Å²) in [7, 11) is 0. The summed E-state index contributed by atoms with van der Waals surface area (Å²) < 4.78 is 11.0. The number of anilines is 2. The Hall–Kier alpha value is -5.40. The van der Waals surface area contributed by atoms with E-state index < -0.39 is 0 Å². The zero-order valence-electron chi connectivity index (χ0n) is 34.4. The molecule has 4 aliphatic heterocycles. The van der Waals surface area contributed by atoms with Gasteiger partial charge in [-0.2, -0.15) is 0 Å². The number of rotatable bonds is 13. The van der Waals surface area contributed by atoms with E-state index in [-0.39, 0.29) is 35.5 Å². The number of benzene rings is 4. The van der Waals surface area contributed by atoms with Gasteiger partial charge < -0.3 is 29.9 Å². The fourth-order valence-corrected chi connectivity index (χ4v) is 8.70. The van der Waals surface area contributed by atoms with Gasteiger partial charge in [0.15, 0.2) is 0 Å². The molecule has 4 aliphatic rings. The van der Waals surface area contributed by atoms with E-state index in [0.29, 0.717) is 63.2 Å². The molecule has 8 rings (SSSR count). The molecule has 4 aromatic carbocycles. The van der Waals surface area contributed by atoms with E-state index in [0.717, 1.165) is 87.9 Å². The van der Waals surface area contributed by atoms with Crippen molar-refractivity contribution in [1.82, 2.24) is 19.6 Å². The van der Waals surface area contributed by atoms with Crippen molar-refractivity contribution >= 4 is 35.0 Å². The fourth-order valence-electron chi connectivity index (χ4n) is 8.70. The average Bonchev–Trinajstić information content (AvgIpc) is 3.99. The molecule has 0 aromatic heterocycles. The first-order valence-electron chi connectivity index (χ1n) is 21.5. The van der Waals surface area contributed by atoms with Gasteiger partial charge in [0.25, 0.3) is 0 Å². The summed E-state index contributed by atoms with van der Waals surface area (Å²) in [4.78, 5) is 61.6. The van der Waals surface area contributed by atoms with Crippen molar-refractivity contribution in [2.24, 2.45) is 11.8 Å². The Morgan fingerprint density at radius 2 is 0.850 bits per heavy atom. The van der Waals surface area contributed by atoms with Crippen LogP contribution < -0.4 is 10.6 Å². The predicted octanol–water partition coefficient (Wildman–Crippen LogP) is 5.08. The van der Waals surface area contributed by atoms with Crippen molar-refractivity contribution in [2.75, 3.05) is 89.4 Å². The van der Waals surface area contributed by atoms with Gasteiger partial charge >= 0.3 is 0 Å². The summed E-state index contributed by atoms with van der Waals surface area (Å²) >= 11 is 0. The average molecular weight is 813 g/mol. The highest BCUT2D eigenvalue weighted by atomic mass is 16.5. The largest absolute Gasteiger partial charge is 0.379 e. The maximum atomic E-state index is 13.4. The van der Waals surface area contributed by atoms with Crippen LogP contribution in [-0.2, 0) is 54.6 Å². The minimum atomic E-state index is -0.263. The summed E-state index contributed by atoms with van der Waals surface area (Å²) in [6.45, 7) is 10.1. The minimum absolute atomic E-state index is 0.0554. The summed E-state index contributed by atoms with van der Waals surface area (Å²) in [5.41, 5.74) is 7.79. The SMILES string of the molecule is O=C(Nc1ccc(-c2ccc(NC(=O)[C@H]3CCN(C(=O)Cc4ccccc4CN4CCOCC4)C3)cc2)cc1)[C@@H]1CCN(C(=O)Cc2ccccc2CN2CCOCC2)C1. The number of carbonyl (C=O) groups is 4. The van der Waals surface area contributed by atoms with Crippen molar-refractivity contribution in [3.05, 3.63) is 119 Å². The Morgan fingerprint density at radius 1 is 0.483 bits per heavy atom. The number of morpholine rings is 2. The molecule has 314 valence electrons. The Bertz CT molecular complexity index is 1960. The minimum Gasteiger partial charge on any atom is -0.379 e. The van der Waals surface area contributed by atoms with E-state index in [2.05, 4.69) is 32.6 Å². The number of hydrogen-bond donors (Lipinski definition) is 2. The molecule has 0 spiro atoms. The smallest absolute Gasteiger partial charge is 0.229 e. The van der Waals surface area contributed by atoms with Gasteiger partial charge in [-0.1, -0.05) is 72.8 Å². The van der Waals surface area contributed by atoms with E-state index in [4.69, 9.17) is 9.47 Å². The Morgan fingerprint density at radius 3 is 1.23 bits per heavy atom. The molecule has 0 bridgehead atoms. The van der Waals surface area contributed by atoms with Gasteiger partial charge in [-0.15, -0.1) is 0 Å². The quantitative estimate of drug-likeness (QED) is 0.192. The lowest BCUT2D eigenvalue weighted by atomic mass is 10.0. The molecule has 12 heteroatoms. The van der Waals surface area contributed by atoms with Crippen LogP contribution in [0.25, 0.3) is 11.1 Å². The van der Waals surface area contributed by atoms with E-state index in [1.54, 1.807) is 0 Å². The first kappa shape index (κ1) is 41.3. The molecule has 4 amide bonds. The van der Waals surface area contributed by atoms with Crippen molar-refractivity contribution in [3.8, 4) is 11.1 Å². The van der Waals surface area contributed by atoms with Crippen molar-refractivity contribution in [1.29, 1.82) is 0 Å². The Labute approximate surface area is 352 Å². The molecular formula is C48H56N6O6. The second-order valence-corrected chi connectivity index (χ2v) is 16.5. The van der Waals surface area contributed by atoms with Gasteiger partial charge in [-0.25, -0.2) is 0 Å². The van der Waals surface area contributed by atoms with Gasteiger partial charge in [0.2, 0.25) is 23.6 Å². The molecule has 4 fully saturated rings. The monoisotopic (exact) mass is 812 g/mol. The number of ether oxygens (including phenoxy) is 2. The van der Waals surface area contributed by atoms with Crippen LogP contribution in [0, 0.1) is 11.8 Å². The van der Waals surface area contributed by atoms with E-state index in [9.17, 15) is 19.2 Å². The molecule has 60 heavy (non-hydrogen) atoms. The third-order valence-electron chi connectivity index (χ3n) is 12.4. The van der Waals surface area contributed by atoms with Crippen LogP contribution in [0.2, 0.25) is 0 Å². The molecule has 12 nitrogen and oxygen atoms in total. The maximum Gasteiger partial charge on any atom is 0.229 e. The molecule has 4 heterocycles. The zero-order chi connectivity index (χ0) is 41.3. The maximum absolute atomic E-state index is 13.4. The second-order valence-electron chi connectivity index (χ2n) is 16.5. The normalized spacial score (nSPS) is 19.9. The van der Waals surface area contributed by atoms with Gasteiger partial charge in [0.1, 0.15) is 0 Å².